The second kappa shape index (κ2) is 13.3. The normalized spacial score (nSPS) is 16.6. The summed E-state index contributed by atoms with van der Waals surface area (Å²) in [5.74, 6) is 0.577. The van der Waals surface area contributed by atoms with Gasteiger partial charge in [0.2, 0.25) is 0 Å². The van der Waals surface area contributed by atoms with Gasteiger partial charge in [-0.15, -0.1) is 12.3 Å². The molecule has 4 rings (SSSR count). The summed E-state index contributed by atoms with van der Waals surface area (Å²) < 4.78 is 28.0. The lowest BCUT2D eigenvalue weighted by atomic mass is 9.84. The van der Waals surface area contributed by atoms with Crippen LogP contribution in [0.2, 0.25) is 0 Å². The molecule has 210 valence electrons. The maximum atomic E-state index is 14.0. The molecule has 1 atom stereocenters. The van der Waals surface area contributed by atoms with Gasteiger partial charge in [-0.2, -0.15) is 0 Å². The third kappa shape index (κ3) is 7.40. The summed E-state index contributed by atoms with van der Waals surface area (Å²) in [5, 5.41) is 0. The van der Waals surface area contributed by atoms with E-state index in [9.17, 15) is 8.78 Å². The predicted octanol–water partition coefficient (Wildman–Crippen LogP) is 8.73. The first-order valence-electron chi connectivity index (χ1n) is 14.5. The van der Waals surface area contributed by atoms with Gasteiger partial charge in [0.15, 0.2) is 0 Å². The van der Waals surface area contributed by atoms with Crippen LogP contribution in [0.4, 0.5) is 14.5 Å². The number of benzene rings is 3. The molecule has 0 aliphatic carbocycles. The lowest BCUT2D eigenvalue weighted by Gasteiger charge is -2.20. The molecule has 0 spiro atoms. The van der Waals surface area contributed by atoms with E-state index in [1.54, 1.807) is 12.1 Å². The first-order chi connectivity index (χ1) is 19.2. The molecule has 0 aromatic heterocycles. The Labute approximate surface area is 239 Å². The molecule has 40 heavy (non-hydrogen) atoms. The zero-order valence-electron chi connectivity index (χ0n) is 24.2. The van der Waals surface area contributed by atoms with Crippen LogP contribution in [-0.4, -0.2) is 24.5 Å². The van der Waals surface area contributed by atoms with E-state index >= 15 is 0 Å². The highest BCUT2D eigenvalue weighted by molar-refractivity contribution is 5.99. The molecule has 1 saturated heterocycles. The van der Waals surface area contributed by atoms with E-state index in [0.717, 1.165) is 46.7 Å². The number of likely N-dealkylation sites (tertiary alicyclic amines) is 1. The van der Waals surface area contributed by atoms with E-state index in [2.05, 4.69) is 55.0 Å². The van der Waals surface area contributed by atoms with Crippen LogP contribution in [0.25, 0.3) is 11.1 Å². The number of hydrogen-bond acceptors (Lipinski definition) is 2. The third-order valence-corrected chi connectivity index (χ3v) is 8.05. The van der Waals surface area contributed by atoms with Crippen LogP contribution in [0.15, 0.2) is 66.7 Å². The Morgan fingerprint density at radius 3 is 2.38 bits per heavy atom. The van der Waals surface area contributed by atoms with Gasteiger partial charge in [0.1, 0.15) is 0 Å². The fraction of sp³-hybridized carbons (Fsp3) is 0.389. The number of anilines is 1. The van der Waals surface area contributed by atoms with Gasteiger partial charge < -0.3 is 10.6 Å². The molecule has 0 amide bonds. The van der Waals surface area contributed by atoms with Gasteiger partial charge in [0.25, 0.3) is 5.92 Å². The zero-order valence-corrected chi connectivity index (χ0v) is 24.2. The zero-order chi connectivity index (χ0) is 28.7. The van der Waals surface area contributed by atoms with Crippen LogP contribution >= 0.6 is 0 Å². The minimum Gasteiger partial charge on any atom is -0.399 e. The topological polar surface area (TPSA) is 29.3 Å². The molecule has 1 unspecified atom stereocenters. The second-order valence-corrected chi connectivity index (χ2v) is 11.3. The van der Waals surface area contributed by atoms with Crippen LogP contribution in [-0.2, 0) is 12.3 Å². The lowest BCUT2D eigenvalue weighted by molar-refractivity contribution is 0.0175. The first kappa shape index (κ1) is 29.6. The highest BCUT2D eigenvalue weighted by Crippen LogP contribution is 2.38. The Bertz CT molecular complexity index is 1340. The van der Waals surface area contributed by atoms with Crippen molar-refractivity contribution < 1.29 is 8.78 Å². The second-order valence-electron chi connectivity index (χ2n) is 11.3. The molecule has 0 bridgehead atoms. The highest BCUT2D eigenvalue weighted by Gasteiger charge is 2.25. The Kier molecular flexibility index (Phi) is 9.82. The quantitative estimate of drug-likeness (QED) is 0.150. The highest BCUT2D eigenvalue weighted by atomic mass is 19.3. The standard InChI is InChI=1S/C36H42F2N2/c1-5-7-9-34(29-14-16-31(17-15-29)36(4,37)38)35(33-19-18-32(39)23-26(33)3)30-12-10-27(11-13-30)24-28-20-22-40(25-28)21-8-6-2/h1,10-19,23,28H,6-9,20-22,24-25,39H2,2-4H3/b35-34+. The van der Waals surface area contributed by atoms with Crippen molar-refractivity contribution in [2.75, 3.05) is 25.4 Å². The molecule has 3 aromatic carbocycles. The van der Waals surface area contributed by atoms with Gasteiger partial charge in [-0.25, -0.2) is 8.78 Å². The molecule has 4 heteroatoms. The maximum Gasteiger partial charge on any atom is 0.270 e. The molecule has 0 saturated carbocycles. The first-order valence-corrected chi connectivity index (χ1v) is 14.5. The van der Waals surface area contributed by atoms with Crippen molar-refractivity contribution in [3.63, 3.8) is 0 Å². The molecule has 1 aliphatic heterocycles. The van der Waals surface area contributed by atoms with Gasteiger partial charge in [-0.05, 0) is 103 Å². The Hall–Kier alpha value is -3.42. The van der Waals surface area contributed by atoms with E-state index in [1.807, 2.05) is 12.1 Å². The number of nitrogen functional groups attached to an aromatic ring is 1. The maximum absolute atomic E-state index is 14.0. The molecule has 2 N–H and O–H groups in total. The van der Waals surface area contributed by atoms with Gasteiger partial charge >= 0.3 is 0 Å². The minimum atomic E-state index is -2.89. The summed E-state index contributed by atoms with van der Waals surface area (Å²) in [6.45, 7) is 8.83. The Morgan fingerprint density at radius 1 is 1.05 bits per heavy atom. The fourth-order valence-corrected chi connectivity index (χ4v) is 5.84. The number of aryl methyl sites for hydroxylation is 1. The largest absolute Gasteiger partial charge is 0.399 e. The molecule has 2 nitrogen and oxygen atoms in total. The number of alkyl halides is 2. The van der Waals surface area contributed by atoms with Crippen LogP contribution in [0.5, 0.6) is 0 Å². The van der Waals surface area contributed by atoms with E-state index in [4.69, 9.17) is 12.2 Å². The summed E-state index contributed by atoms with van der Waals surface area (Å²) in [7, 11) is 0. The van der Waals surface area contributed by atoms with Crippen molar-refractivity contribution >= 4 is 16.8 Å². The van der Waals surface area contributed by atoms with Crippen molar-refractivity contribution in [1.82, 2.24) is 4.90 Å². The average molecular weight is 541 g/mol. The molecule has 1 aliphatic rings. The van der Waals surface area contributed by atoms with E-state index in [-0.39, 0.29) is 5.56 Å². The van der Waals surface area contributed by atoms with Gasteiger partial charge in [0, 0.05) is 31.1 Å². The molecular formula is C36H42F2N2. The molecule has 3 aromatic rings. The van der Waals surface area contributed by atoms with E-state index in [1.165, 1.54) is 56.6 Å². The molecule has 1 heterocycles. The third-order valence-electron chi connectivity index (χ3n) is 8.05. The smallest absolute Gasteiger partial charge is 0.270 e. The van der Waals surface area contributed by atoms with E-state index < -0.39 is 5.92 Å². The number of allylic oxidation sites excluding steroid dienone is 1. The van der Waals surface area contributed by atoms with Crippen molar-refractivity contribution in [2.24, 2.45) is 5.92 Å². The summed E-state index contributed by atoms with van der Waals surface area (Å²) in [6, 6.07) is 21.5. The molecule has 0 radical (unpaired) electrons. The Balaban J connectivity index is 1.73. The van der Waals surface area contributed by atoms with Crippen LogP contribution in [0.1, 0.15) is 79.3 Å². The average Bonchev–Trinajstić information content (AvgIpc) is 3.38. The van der Waals surface area contributed by atoms with Crippen molar-refractivity contribution in [3.05, 3.63) is 100 Å². The van der Waals surface area contributed by atoms with Crippen molar-refractivity contribution in [2.45, 2.75) is 65.2 Å². The SMILES string of the molecule is C#CCC/C(=C(/c1ccc(CC2CCN(CCCC)C2)cc1)c1ccc(N)cc1C)c1ccc(C(C)(F)F)cc1. The summed E-state index contributed by atoms with van der Waals surface area (Å²) in [6.07, 6.45) is 11.7. The van der Waals surface area contributed by atoms with Crippen LogP contribution in [0.3, 0.4) is 0 Å². The van der Waals surface area contributed by atoms with Crippen LogP contribution < -0.4 is 5.73 Å². The summed E-state index contributed by atoms with van der Waals surface area (Å²) in [4.78, 5) is 2.60. The number of terminal acetylenes is 1. The summed E-state index contributed by atoms with van der Waals surface area (Å²) in [5.41, 5.74) is 14.4. The fourth-order valence-electron chi connectivity index (χ4n) is 5.84. The lowest BCUT2D eigenvalue weighted by Crippen LogP contribution is -2.22. The van der Waals surface area contributed by atoms with Crippen molar-refractivity contribution in [1.29, 1.82) is 0 Å². The summed E-state index contributed by atoms with van der Waals surface area (Å²) >= 11 is 0. The number of nitrogens with two attached hydrogens (primary N) is 1. The van der Waals surface area contributed by atoms with E-state index in [0.29, 0.717) is 24.4 Å². The minimum absolute atomic E-state index is 0.00212. The number of nitrogens with zero attached hydrogens (tertiary/aromatic N) is 1. The molecular weight excluding hydrogens is 498 g/mol. The molecule has 1 fully saturated rings. The number of unbranched alkanes of at least 4 members (excludes halogenated alkanes) is 1. The number of rotatable bonds is 11. The van der Waals surface area contributed by atoms with Gasteiger partial charge in [-0.1, -0.05) is 67.9 Å². The monoisotopic (exact) mass is 540 g/mol. The van der Waals surface area contributed by atoms with Crippen LogP contribution in [0, 0.1) is 25.2 Å². The van der Waals surface area contributed by atoms with Crippen molar-refractivity contribution in [3.8, 4) is 12.3 Å². The predicted molar refractivity (Wildman–Crippen MR) is 165 cm³/mol. The Morgan fingerprint density at radius 2 is 1.75 bits per heavy atom. The number of hydrogen-bond donors (Lipinski definition) is 1. The number of halogens is 2. The van der Waals surface area contributed by atoms with Gasteiger partial charge in [-0.3, -0.25) is 0 Å². The van der Waals surface area contributed by atoms with Gasteiger partial charge in [0.05, 0.1) is 0 Å².